The molecule has 0 aromatic heterocycles. The SMILES string of the molecule is CC(CN)CN(C)C(=O)CCCC1CCCCC1. The maximum absolute atomic E-state index is 11.9. The van der Waals surface area contributed by atoms with Gasteiger partial charge in [-0.1, -0.05) is 39.0 Å². The lowest BCUT2D eigenvalue weighted by Gasteiger charge is -2.23. The lowest BCUT2D eigenvalue weighted by atomic mass is 9.86. The van der Waals surface area contributed by atoms with Crippen LogP contribution in [0.2, 0.25) is 0 Å². The number of amides is 1. The average molecular weight is 254 g/mol. The van der Waals surface area contributed by atoms with E-state index in [0.29, 0.717) is 18.9 Å². The third-order valence-electron chi connectivity index (χ3n) is 4.14. The van der Waals surface area contributed by atoms with Gasteiger partial charge in [-0.25, -0.2) is 0 Å². The Morgan fingerprint density at radius 2 is 2.00 bits per heavy atom. The highest BCUT2D eigenvalue weighted by molar-refractivity contribution is 5.75. The van der Waals surface area contributed by atoms with Gasteiger partial charge in [0, 0.05) is 20.0 Å². The Morgan fingerprint density at radius 1 is 1.33 bits per heavy atom. The predicted molar refractivity (Wildman–Crippen MR) is 76.3 cm³/mol. The molecule has 106 valence electrons. The highest BCUT2D eigenvalue weighted by Gasteiger charge is 2.15. The van der Waals surface area contributed by atoms with Gasteiger partial charge in [-0.2, -0.15) is 0 Å². The summed E-state index contributed by atoms with van der Waals surface area (Å²) in [4.78, 5) is 13.8. The second kappa shape index (κ2) is 8.52. The minimum Gasteiger partial charge on any atom is -0.345 e. The standard InChI is InChI=1S/C15H30N2O/c1-13(11-16)12-17(2)15(18)10-6-9-14-7-4-3-5-8-14/h13-14H,3-12,16H2,1-2H3. The number of nitrogens with two attached hydrogens (primary N) is 1. The van der Waals surface area contributed by atoms with Gasteiger partial charge in [0.15, 0.2) is 0 Å². The number of hydrogen-bond donors (Lipinski definition) is 1. The fourth-order valence-corrected chi connectivity index (χ4v) is 2.85. The zero-order valence-corrected chi connectivity index (χ0v) is 12.2. The molecule has 0 spiro atoms. The van der Waals surface area contributed by atoms with Crippen LogP contribution in [0.15, 0.2) is 0 Å². The summed E-state index contributed by atoms with van der Waals surface area (Å²) in [6.07, 6.45) is 9.98. The van der Waals surface area contributed by atoms with Gasteiger partial charge < -0.3 is 10.6 Å². The van der Waals surface area contributed by atoms with Gasteiger partial charge in [0.05, 0.1) is 0 Å². The summed E-state index contributed by atoms with van der Waals surface area (Å²) in [5.41, 5.74) is 5.58. The van der Waals surface area contributed by atoms with Crippen molar-refractivity contribution in [3.8, 4) is 0 Å². The molecule has 0 aromatic rings. The first-order valence-corrected chi connectivity index (χ1v) is 7.57. The molecule has 0 aromatic carbocycles. The highest BCUT2D eigenvalue weighted by Crippen LogP contribution is 2.27. The normalized spacial score (nSPS) is 18.6. The summed E-state index contributed by atoms with van der Waals surface area (Å²) < 4.78 is 0. The van der Waals surface area contributed by atoms with E-state index in [1.54, 1.807) is 0 Å². The van der Waals surface area contributed by atoms with Crippen molar-refractivity contribution in [2.75, 3.05) is 20.1 Å². The largest absolute Gasteiger partial charge is 0.345 e. The summed E-state index contributed by atoms with van der Waals surface area (Å²) in [6, 6.07) is 0. The zero-order valence-electron chi connectivity index (χ0n) is 12.2. The molecule has 1 rings (SSSR count). The summed E-state index contributed by atoms with van der Waals surface area (Å²) in [5, 5.41) is 0. The van der Waals surface area contributed by atoms with Crippen LogP contribution < -0.4 is 5.73 Å². The molecule has 1 aliphatic carbocycles. The molecule has 0 saturated heterocycles. The van der Waals surface area contributed by atoms with E-state index in [4.69, 9.17) is 5.73 Å². The molecule has 0 bridgehead atoms. The van der Waals surface area contributed by atoms with Crippen LogP contribution in [-0.2, 0) is 4.79 Å². The monoisotopic (exact) mass is 254 g/mol. The molecule has 1 aliphatic rings. The molecule has 0 radical (unpaired) electrons. The van der Waals surface area contributed by atoms with Crippen LogP contribution in [-0.4, -0.2) is 30.9 Å². The molecule has 1 atom stereocenters. The van der Waals surface area contributed by atoms with Gasteiger partial charge in [-0.05, 0) is 31.2 Å². The molecule has 2 N–H and O–H groups in total. The topological polar surface area (TPSA) is 46.3 Å². The molecular weight excluding hydrogens is 224 g/mol. The Balaban J connectivity index is 2.11. The Morgan fingerprint density at radius 3 is 2.61 bits per heavy atom. The van der Waals surface area contributed by atoms with Gasteiger partial charge in [-0.3, -0.25) is 4.79 Å². The van der Waals surface area contributed by atoms with E-state index < -0.39 is 0 Å². The van der Waals surface area contributed by atoms with Crippen molar-refractivity contribution in [2.24, 2.45) is 17.6 Å². The van der Waals surface area contributed by atoms with Crippen LogP contribution in [0.5, 0.6) is 0 Å². The fourth-order valence-electron chi connectivity index (χ4n) is 2.85. The predicted octanol–water partition coefficient (Wildman–Crippen LogP) is 2.79. The summed E-state index contributed by atoms with van der Waals surface area (Å²) >= 11 is 0. The first kappa shape index (κ1) is 15.5. The van der Waals surface area contributed by atoms with Crippen molar-refractivity contribution in [1.29, 1.82) is 0 Å². The van der Waals surface area contributed by atoms with E-state index in [9.17, 15) is 4.79 Å². The van der Waals surface area contributed by atoms with Crippen LogP contribution in [0.4, 0.5) is 0 Å². The molecule has 3 nitrogen and oxygen atoms in total. The van der Waals surface area contributed by atoms with Crippen LogP contribution in [0.25, 0.3) is 0 Å². The van der Waals surface area contributed by atoms with Gasteiger partial charge in [0.2, 0.25) is 5.91 Å². The molecule has 1 saturated carbocycles. The number of nitrogens with zero attached hydrogens (tertiary/aromatic N) is 1. The van der Waals surface area contributed by atoms with E-state index >= 15 is 0 Å². The van der Waals surface area contributed by atoms with Crippen molar-refractivity contribution >= 4 is 5.91 Å². The molecule has 3 heteroatoms. The number of rotatable bonds is 7. The summed E-state index contributed by atoms with van der Waals surface area (Å²) in [5.74, 6) is 1.57. The summed E-state index contributed by atoms with van der Waals surface area (Å²) in [6.45, 7) is 3.53. The lowest BCUT2D eigenvalue weighted by molar-refractivity contribution is -0.130. The molecule has 1 unspecified atom stereocenters. The Hall–Kier alpha value is -0.570. The van der Waals surface area contributed by atoms with Crippen molar-refractivity contribution < 1.29 is 4.79 Å². The molecule has 1 fully saturated rings. The minimum atomic E-state index is 0.283. The third-order valence-corrected chi connectivity index (χ3v) is 4.14. The van der Waals surface area contributed by atoms with Crippen LogP contribution in [0, 0.1) is 11.8 Å². The molecule has 0 heterocycles. The third kappa shape index (κ3) is 5.85. The fraction of sp³-hybridized carbons (Fsp3) is 0.933. The molecule has 0 aliphatic heterocycles. The van der Waals surface area contributed by atoms with Crippen molar-refractivity contribution in [1.82, 2.24) is 4.90 Å². The van der Waals surface area contributed by atoms with Gasteiger partial charge >= 0.3 is 0 Å². The van der Waals surface area contributed by atoms with E-state index in [2.05, 4.69) is 6.92 Å². The van der Waals surface area contributed by atoms with Crippen molar-refractivity contribution in [3.63, 3.8) is 0 Å². The van der Waals surface area contributed by atoms with E-state index in [-0.39, 0.29) is 5.91 Å². The maximum Gasteiger partial charge on any atom is 0.222 e. The maximum atomic E-state index is 11.9. The Bertz CT molecular complexity index is 237. The van der Waals surface area contributed by atoms with Crippen LogP contribution >= 0.6 is 0 Å². The van der Waals surface area contributed by atoms with Crippen LogP contribution in [0.3, 0.4) is 0 Å². The second-order valence-corrected chi connectivity index (χ2v) is 6.01. The highest BCUT2D eigenvalue weighted by atomic mass is 16.2. The summed E-state index contributed by atoms with van der Waals surface area (Å²) in [7, 11) is 1.90. The second-order valence-electron chi connectivity index (χ2n) is 6.01. The van der Waals surface area contributed by atoms with E-state index in [1.165, 1.54) is 38.5 Å². The minimum absolute atomic E-state index is 0.283. The quantitative estimate of drug-likeness (QED) is 0.759. The number of carbonyl (C=O) groups excluding carboxylic acids is 1. The van der Waals surface area contributed by atoms with Gasteiger partial charge in [-0.15, -0.1) is 0 Å². The first-order chi connectivity index (χ1) is 8.63. The van der Waals surface area contributed by atoms with Gasteiger partial charge in [0.1, 0.15) is 0 Å². The van der Waals surface area contributed by atoms with E-state index in [1.807, 2.05) is 11.9 Å². The molecule has 1 amide bonds. The van der Waals surface area contributed by atoms with Crippen molar-refractivity contribution in [2.45, 2.75) is 58.3 Å². The van der Waals surface area contributed by atoms with Crippen LogP contribution in [0.1, 0.15) is 58.3 Å². The Kier molecular flexibility index (Phi) is 7.33. The molecular formula is C15H30N2O. The Labute approximate surface area is 112 Å². The smallest absolute Gasteiger partial charge is 0.222 e. The number of hydrogen-bond acceptors (Lipinski definition) is 2. The van der Waals surface area contributed by atoms with E-state index in [0.717, 1.165) is 18.9 Å². The first-order valence-electron chi connectivity index (χ1n) is 7.57. The molecule has 18 heavy (non-hydrogen) atoms. The average Bonchev–Trinajstić information content (AvgIpc) is 2.39. The number of carbonyl (C=O) groups is 1. The van der Waals surface area contributed by atoms with Crippen molar-refractivity contribution in [3.05, 3.63) is 0 Å². The zero-order chi connectivity index (χ0) is 13.4. The lowest BCUT2D eigenvalue weighted by Crippen LogP contribution is -2.33. The van der Waals surface area contributed by atoms with Gasteiger partial charge in [0.25, 0.3) is 0 Å².